The zero-order valence-electron chi connectivity index (χ0n) is 9.89. The Balaban J connectivity index is 2.26. The molecule has 1 heterocycles. The SMILES string of the molecule is CC1CN(C)CCN1c1ccccc1C=O. The summed E-state index contributed by atoms with van der Waals surface area (Å²) in [6.07, 6.45) is 0.945. The van der Waals surface area contributed by atoms with Crippen molar-refractivity contribution in [1.82, 2.24) is 4.90 Å². The van der Waals surface area contributed by atoms with Crippen LogP contribution >= 0.6 is 0 Å². The van der Waals surface area contributed by atoms with Crippen LogP contribution in [-0.2, 0) is 0 Å². The van der Waals surface area contributed by atoms with Crippen LogP contribution in [0.15, 0.2) is 24.3 Å². The van der Waals surface area contributed by atoms with Crippen molar-refractivity contribution in [3.63, 3.8) is 0 Å². The molecule has 0 N–H and O–H groups in total. The maximum absolute atomic E-state index is 11.0. The number of anilines is 1. The minimum absolute atomic E-state index is 0.458. The summed E-state index contributed by atoms with van der Waals surface area (Å²) in [6.45, 7) is 5.30. The Hall–Kier alpha value is -1.35. The summed E-state index contributed by atoms with van der Waals surface area (Å²) < 4.78 is 0. The molecule has 1 saturated heterocycles. The van der Waals surface area contributed by atoms with Gasteiger partial charge in [-0.05, 0) is 26.1 Å². The Labute approximate surface area is 96.7 Å². The Bertz CT molecular complexity index is 378. The highest BCUT2D eigenvalue weighted by Gasteiger charge is 2.22. The molecule has 0 bridgehead atoms. The van der Waals surface area contributed by atoms with Crippen LogP contribution < -0.4 is 4.90 Å². The number of nitrogens with zero attached hydrogens (tertiary/aromatic N) is 2. The van der Waals surface area contributed by atoms with E-state index in [4.69, 9.17) is 0 Å². The number of rotatable bonds is 2. The number of aldehydes is 1. The van der Waals surface area contributed by atoms with Gasteiger partial charge in [0.2, 0.25) is 0 Å². The second-order valence-corrected chi connectivity index (χ2v) is 4.48. The van der Waals surface area contributed by atoms with Gasteiger partial charge in [-0.2, -0.15) is 0 Å². The number of carbonyl (C=O) groups excluding carboxylic acids is 1. The molecule has 0 aliphatic carbocycles. The van der Waals surface area contributed by atoms with Crippen molar-refractivity contribution in [3.8, 4) is 0 Å². The van der Waals surface area contributed by atoms with Crippen LogP contribution in [0.2, 0.25) is 0 Å². The van der Waals surface area contributed by atoms with Crippen LogP contribution in [0.1, 0.15) is 17.3 Å². The van der Waals surface area contributed by atoms with Gasteiger partial charge >= 0.3 is 0 Å². The fourth-order valence-corrected chi connectivity index (χ4v) is 2.35. The van der Waals surface area contributed by atoms with Crippen molar-refractivity contribution in [2.75, 3.05) is 31.6 Å². The zero-order chi connectivity index (χ0) is 11.5. The predicted molar refractivity (Wildman–Crippen MR) is 66.1 cm³/mol. The van der Waals surface area contributed by atoms with Crippen LogP contribution in [-0.4, -0.2) is 43.9 Å². The first-order valence-electron chi connectivity index (χ1n) is 5.72. The summed E-state index contributed by atoms with van der Waals surface area (Å²) in [5, 5.41) is 0. The highest BCUT2D eigenvalue weighted by molar-refractivity contribution is 5.84. The van der Waals surface area contributed by atoms with E-state index in [9.17, 15) is 4.79 Å². The number of hydrogen-bond donors (Lipinski definition) is 0. The maximum Gasteiger partial charge on any atom is 0.152 e. The molecule has 3 nitrogen and oxygen atoms in total. The van der Waals surface area contributed by atoms with Gasteiger partial charge in [-0.25, -0.2) is 0 Å². The minimum atomic E-state index is 0.458. The molecule has 0 saturated carbocycles. The predicted octanol–water partition coefficient (Wildman–Crippen LogP) is 1.64. The molecule has 2 rings (SSSR count). The van der Waals surface area contributed by atoms with Crippen molar-refractivity contribution in [2.24, 2.45) is 0 Å². The molecule has 1 fully saturated rings. The normalized spacial score (nSPS) is 22.1. The molecular formula is C13H18N2O. The summed E-state index contributed by atoms with van der Waals surface area (Å²) in [5.41, 5.74) is 1.86. The highest BCUT2D eigenvalue weighted by atomic mass is 16.1. The quantitative estimate of drug-likeness (QED) is 0.705. The Kier molecular flexibility index (Phi) is 3.25. The molecule has 1 aromatic rings. The van der Waals surface area contributed by atoms with Gasteiger partial charge in [-0.3, -0.25) is 4.79 Å². The van der Waals surface area contributed by atoms with Crippen molar-refractivity contribution >= 4 is 12.0 Å². The van der Waals surface area contributed by atoms with Gasteiger partial charge < -0.3 is 9.80 Å². The fraction of sp³-hybridized carbons (Fsp3) is 0.462. The molecule has 0 radical (unpaired) electrons. The molecular weight excluding hydrogens is 200 g/mol. The van der Waals surface area contributed by atoms with Crippen LogP contribution in [0, 0.1) is 0 Å². The second-order valence-electron chi connectivity index (χ2n) is 4.48. The molecule has 1 aliphatic rings. The molecule has 1 unspecified atom stereocenters. The molecule has 86 valence electrons. The van der Waals surface area contributed by atoms with Gasteiger partial charge in [0.25, 0.3) is 0 Å². The summed E-state index contributed by atoms with van der Waals surface area (Å²) >= 11 is 0. The monoisotopic (exact) mass is 218 g/mol. The summed E-state index contributed by atoms with van der Waals surface area (Å²) in [4.78, 5) is 15.7. The Morgan fingerprint density at radius 3 is 2.75 bits per heavy atom. The fourth-order valence-electron chi connectivity index (χ4n) is 2.35. The lowest BCUT2D eigenvalue weighted by Gasteiger charge is -2.40. The first-order chi connectivity index (χ1) is 7.72. The summed E-state index contributed by atoms with van der Waals surface area (Å²) in [6, 6.07) is 8.28. The number of para-hydroxylation sites is 1. The van der Waals surface area contributed by atoms with Gasteiger partial charge in [-0.1, -0.05) is 12.1 Å². The molecule has 0 aromatic heterocycles. The van der Waals surface area contributed by atoms with Crippen molar-refractivity contribution in [3.05, 3.63) is 29.8 Å². The first kappa shape index (κ1) is 11.1. The molecule has 1 aliphatic heterocycles. The van der Waals surface area contributed by atoms with Gasteiger partial charge in [0, 0.05) is 36.9 Å². The number of hydrogen-bond acceptors (Lipinski definition) is 3. The smallest absolute Gasteiger partial charge is 0.152 e. The van der Waals surface area contributed by atoms with E-state index >= 15 is 0 Å². The molecule has 1 aromatic carbocycles. The first-order valence-corrected chi connectivity index (χ1v) is 5.72. The standard InChI is InChI=1S/C13H18N2O/c1-11-9-14(2)7-8-15(11)13-6-4-3-5-12(13)10-16/h3-6,10-11H,7-9H2,1-2H3. The van der Waals surface area contributed by atoms with E-state index in [1.807, 2.05) is 24.3 Å². The van der Waals surface area contributed by atoms with Crippen LogP contribution in [0.25, 0.3) is 0 Å². The lowest BCUT2D eigenvalue weighted by atomic mass is 10.1. The third-order valence-corrected chi connectivity index (χ3v) is 3.20. The second kappa shape index (κ2) is 4.66. The van der Waals surface area contributed by atoms with Crippen LogP contribution in [0.3, 0.4) is 0 Å². The van der Waals surface area contributed by atoms with E-state index in [0.29, 0.717) is 6.04 Å². The number of benzene rings is 1. The molecule has 16 heavy (non-hydrogen) atoms. The van der Waals surface area contributed by atoms with E-state index in [1.54, 1.807) is 0 Å². The van der Waals surface area contributed by atoms with E-state index in [2.05, 4.69) is 23.8 Å². The van der Waals surface area contributed by atoms with Crippen LogP contribution in [0.5, 0.6) is 0 Å². The average molecular weight is 218 g/mol. The Morgan fingerprint density at radius 1 is 1.31 bits per heavy atom. The van der Waals surface area contributed by atoms with Crippen molar-refractivity contribution < 1.29 is 4.79 Å². The van der Waals surface area contributed by atoms with E-state index in [0.717, 1.165) is 37.2 Å². The Morgan fingerprint density at radius 2 is 2.06 bits per heavy atom. The molecule has 0 amide bonds. The van der Waals surface area contributed by atoms with E-state index in [1.165, 1.54) is 0 Å². The zero-order valence-corrected chi connectivity index (χ0v) is 9.89. The molecule has 0 spiro atoms. The average Bonchev–Trinajstić information content (AvgIpc) is 2.29. The van der Waals surface area contributed by atoms with Gasteiger partial charge in [-0.15, -0.1) is 0 Å². The minimum Gasteiger partial charge on any atom is -0.366 e. The van der Waals surface area contributed by atoms with Gasteiger partial charge in [0.15, 0.2) is 6.29 Å². The summed E-state index contributed by atoms with van der Waals surface area (Å²) in [7, 11) is 2.14. The van der Waals surface area contributed by atoms with Crippen molar-refractivity contribution in [2.45, 2.75) is 13.0 Å². The summed E-state index contributed by atoms with van der Waals surface area (Å²) in [5.74, 6) is 0. The molecule has 3 heteroatoms. The van der Waals surface area contributed by atoms with Crippen molar-refractivity contribution in [1.29, 1.82) is 0 Å². The topological polar surface area (TPSA) is 23.6 Å². The third kappa shape index (κ3) is 2.09. The third-order valence-electron chi connectivity index (χ3n) is 3.20. The maximum atomic E-state index is 11.0. The number of carbonyl (C=O) groups is 1. The van der Waals surface area contributed by atoms with E-state index < -0.39 is 0 Å². The van der Waals surface area contributed by atoms with Gasteiger partial charge in [0.1, 0.15) is 0 Å². The number of piperazine rings is 1. The van der Waals surface area contributed by atoms with Gasteiger partial charge in [0.05, 0.1) is 0 Å². The van der Waals surface area contributed by atoms with Crippen LogP contribution in [0.4, 0.5) is 5.69 Å². The largest absolute Gasteiger partial charge is 0.366 e. The van der Waals surface area contributed by atoms with E-state index in [-0.39, 0.29) is 0 Å². The number of likely N-dealkylation sites (N-methyl/N-ethyl adjacent to an activating group) is 1. The molecule has 1 atom stereocenters. The lowest BCUT2D eigenvalue weighted by Crippen LogP contribution is -2.50. The lowest BCUT2D eigenvalue weighted by molar-refractivity contribution is 0.112. The highest BCUT2D eigenvalue weighted by Crippen LogP contribution is 2.23.